The average molecular weight is 252 g/mol. The molecule has 0 aliphatic rings. The van der Waals surface area contributed by atoms with Crippen molar-refractivity contribution in [3.8, 4) is 11.5 Å². The summed E-state index contributed by atoms with van der Waals surface area (Å²) >= 11 is 0. The predicted molar refractivity (Wildman–Crippen MR) is 74.4 cm³/mol. The fourth-order valence-electron chi connectivity index (χ4n) is 2.34. The van der Waals surface area contributed by atoms with Gasteiger partial charge in [0.25, 0.3) is 0 Å². The van der Waals surface area contributed by atoms with E-state index in [1.807, 2.05) is 48.5 Å². The molecule has 0 aliphatic carbocycles. The minimum absolute atomic E-state index is 0.00417. The van der Waals surface area contributed by atoms with Crippen molar-refractivity contribution in [3.05, 3.63) is 48.5 Å². The van der Waals surface area contributed by atoms with Gasteiger partial charge in [0.15, 0.2) is 11.5 Å². The number of carbonyl (C=O) groups is 1. The minimum Gasteiger partial charge on any atom is -0.504 e. The Kier molecular flexibility index (Phi) is 2.60. The Morgan fingerprint density at radius 1 is 0.895 bits per heavy atom. The monoisotopic (exact) mass is 252 g/mol. The van der Waals surface area contributed by atoms with Crippen molar-refractivity contribution in [2.75, 3.05) is 0 Å². The van der Waals surface area contributed by atoms with Gasteiger partial charge in [-0.1, -0.05) is 48.5 Å². The predicted octanol–water partition coefficient (Wildman–Crippen LogP) is 3.62. The molecule has 0 radical (unpaired) electrons. The van der Waals surface area contributed by atoms with Crippen LogP contribution in [-0.4, -0.2) is 11.1 Å². The Morgan fingerprint density at radius 3 is 1.95 bits per heavy atom. The highest BCUT2D eigenvalue weighted by molar-refractivity contribution is 6.14. The number of esters is 1. The molecule has 0 saturated heterocycles. The summed E-state index contributed by atoms with van der Waals surface area (Å²) in [5.41, 5.74) is 0. The van der Waals surface area contributed by atoms with Gasteiger partial charge in [0.05, 0.1) is 0 Å². The molecule has 19 heavy (non-hydrogen) atoms. The van der Waals surface area contributed by atoms with Crippen LogP contribution in [0.5, 0.6) is 11.5 Å². The fraction of sp³-hybridized carbons (Fsp3) is 0.0625. The molecule has 3 rings (SSSR count). The summed E-state index contributed by atoms with van der Waals surface area (Å²) < 4.78 is 5.18. The number of phenolic OH excluding ortho intramolecular Hbond substituents is 1. The molecule has 0 aliphatic heterocycles. The van der Waals surface area contributed by atoms with E-state index in [2.05, 4.69) is 0 Å². The van der Waals surface area contributed by atoms with Crippen LogP contribution >= 0.6 is 0 Å². The van der Waals surface area contributed by atoms with Gasteiger partial charge in [-0.15, -0.1) is 0 Å². The molecule has 0 bridgehead atoms. The topological polar surface area (TPSA) is 46.5 Å². The lowest BCUT2D eigenvalue weighted by Crippen LogP contribution is -2.02. The molecule has 0 fully saturated rings. The smallest absolute Gasteiger partial charge is 0.308 e. The summed E-state index contributed by atoms with van der Waals surface area (Å²) in [4.78, 5) is 11.2. The second-order valence-corrected chi connectivity index (χ2v) is 4.36. The van der Waals surface area contributed by atoms with E-state index in [0.29, 0.717) is 5.39 Å². The average Bonchev–Trinajstić information content (AvgIpc) is 2.43. The van der Waals surface area contributed by atoms with Crippen LogP contribution in [0, 0.1) is 0 Å². The molecule has 0 saturated carbocycles. The number of phenols is 1. The molecule has 0 aromatic heterocycles. The standard InChI is InChI=1S/C16H12O3/c1-10(17)19-16-14-9-5-3-7-12(14)11-6-2-4-8-13(11)15(16)18/h2-9,18H,1H3. The maximum Gasteiger partial charge on any atom is 0.308 e. The van der Waals surface area contributed by atoms with Gasteiger partial charge in [0, 0.05) is 17.7 Å². The quantitative estimate of drug-likeness (QED) is 0.408. The first kappa shape index (κ1) is 11.5. The molecular formula is C16H12O3. The van der Waals surface area contributed by atoms with Crippen LogP contribution in [0.3, 0.4) is 0 Å². The summed E-state index contributed by atoms with van der Waals surface area (Å²) in [5, 5.41) is 13.6. The summed E-state index contributed by atoms with van der Waals surface area (Å²) in [7, 11) is 0. The van der Waals surface area contributed by atoms with Crippen LogP contribution in [0.25, 0.3) is 21.5 Å². The van der Waals surface area contributed by atoms with Crippen LogP contribution in [0.1, 0.15) is 6.92 Å². The molecule has 3 nitrogen and oxygen atoms in total. The molecule has 0 amide bonds. The zero-order valence-corrected chi connectivity index (χ0v) is 10.4. The highest BCUT2D eigenvalue weighted by Crippen LogP contribution is 2.42. The van der Waals surface area contributed by atoms with Crippen molar-refractivity contribution >= 4 is 27.5 Å². The van der Waals surface area contributed by atoms with Crippen molar-refractivity contribution in [2.24, 2.45) is 0 Å². The van der Waals surface area contributed by atoms with Crippen molar-refractivity contribution < 1.29 is 14.6 Å². The van der Waals surface area contributed by atoms with E-state index in [1.165, 1.54) is 6.92 Å². The second kappa shape index (κ2) is 4.28. The first-order chi connectivity index (χ1) is 9.18. The van der Waals surface area contributed by atoms with Crippen molar-refractivity contribution in [1.29, 1.82) is 0 Å². The highest BCUT2D eigenvalue weighted by Gasteiger charge is 2.15. The third kappa shape index (κ3) is 1.80. The van der Waals surface area contributed by atoms with Gasteiger partial charge in [-0.2, -0.15) is 0 Å². The molecule has 1 N–H and O–H groups in total. The Morgan fingerprint density at radius 2 is 1.37 bits per heavy atom. The molecular weight excluding hydrogens is 240 g/mol. The van der Waals surface area contributed by atoms with E-state index in [0.717, 1.165) is 16.2 Å². The Hall–Kier alpha value is -2.55. The molecule has 0 atom stereocenters. The number of hydrogen-bond donors (Lipinski definition) is 1. The maximum atomic E-state index is 11.2. The normalized spacial score (nSPS) is 10.8. The minimum atomic E-state index is -0.448. The lowest BCUT2D eigenvalue weighted by Gasteiger charge is -2.12. The zero-order chi connectivity index (χ0) is 13.4. The summed E-state index contributed by atoms with van der Waals surface area (Å²) in [6.45, 7) is 1.32. The van der Waals surface area contributed by atoms with E-state index in [9.17, 15) is 9.90 Å². The van der Waals surface area contributed by atoms with Gasteiger partial charge in [-0.3, -0.25) is 4.79 Å². The summed E-state index contributed by atoms with van der Waals surface area (Å²) in [6.07, 6.45) is 0. The highest BCUT2D eigenvalue weighted by atomic mass is 16.5. The largest absolute Gasteiger partial charge is 0.504 e. The first-order valence-corrected chi connectivity index (χ1v) is 5.99. The Bertz CT molecular complexity index is 790. The van der Waals surface area contributed by atoms with Crippen LogP contribution in [0.15, 0.2) is 48.5 Å². The first-order valence-electron chi connectivity index (χ1n) is 5.99. The number of carbonyl (C=O) groups excluding carboxylic acids is 1. The molecule has 0 heterocycles. The van der Waals surface area contributed by atoms with Crippen molar-refractivity contribution in [2.45, 2.75) is 6.92 Å². The zero-order valence-electron chi connectivity index (χ0n) is 10.4. The number of rotatable bonds is 1. The third-order valence-corrected chi connectivity index (χ3v) is 3.10. The van der Waals surface area contributed by atoms with Gasteiger partial charge in [-0.25, -0.2) is 0 Å². The van der Waals surface area contributed by atoms with Gasteiger partial charge in [0.1, 0.15) is 0 Å². The van der Waals surface area contributed by atoms with Gasteiger partial charge >= 0.3 is 5.97 Å². The molecule has 3 heteroatoms. The lowest BCUT2D eigenvalue weighted by atomic mass is 10.00. The number of hydrogen-bond acceptors (Lipinski definition) is 3. The lowest BCUT2D eigenvalue weighted by molar-refractivity contribution is -0.131. The number of fused-ring (bicyclic) bond motifs is 3. The van der Waals surface area contributed by atoms with Gasteiger partial charge in [-0.05, 0) is 10.8 Å². The molecule has 94 valence electrons. The summed E-state index contributed by atoms with van der Waals surface area (Å²) in [6, 6.07) is 15.1. The SMILES string of the molecule is CC(=O)Oc1c(O)c2ccccc2c2ccccc12. The second-order valence-electron chi connectivity index (χ2n) is 4.36. The van der Waals surface area contributed by atoms with Crippen LogP contribution in [0.2, 0.25) is 0 Å². The van der Waals surface area contributed by atoms with E-state index in [-0.39, 0.29) is 11.5 Å². The third-order valence-electron chi connectivity index (χ3n) is 3.10. The molecule has 0 unspecified atom stereocenters. The van der Waals surface area contributed by atoms with Crippen molar-refractivity contribution in [3.63, 3.8) is 0 Å². The van der Waals surface area contributed by atoms with E-state index in [1.54, 1.807) is 0 Å². The maximum absolute atomic E-state index is 11.2. The number of benzene rings is 3. The molecule has 3 aromatic carbocycles. The Labute approximate surface area is 110 Å². The van der Waals surface area contributed by atoms with Crippen LogP contribution in [0.4, 0.5) is 0 Å². The van der Waals surface area contributed by atoms with E-state index in [4.69, 9.17) is 4.74 Å². The molecule has 3 aromatic rings. The van der Waals surface area contributed by atoms with Gasteiger partial charge < -0.3 is 9.84 Å². The Balaban J connectivity index is 2.51. The van der Waals surface area contributed by atoms with Crippen LogP contribution in [-0.2, 0) is 4.79 Å². The van der Waals surface area contributed by atoms with E-state index >= 15 is 0 Å². The molecule has 0 spiro atoms. The van der Waals surface area contributed by atoms with Crippen LogP contribution < -0.4 is 4.74 Å². The van der Waals surface area contributed by atoms with E-state index < -0.39 is 5.97 Å². The number of ether oxygens (including phenoxy) is 1. The summed E-state index contributed by atoms with van der Waals surface area (Å²) in [5.74, 6) is -0.220. The fourth-order valence-corrected chi connectivity index (χ4v) is 2.34. The number of aromatic hydroxyl groups is 1. The van der Waals surface area contributed by atoms with Crippen molar-refractivity contribution in [1.82, 2.24) is 0 Å². The van der Waals surface area contributed by atoms with Gasteiger partial charge in [0.2, 0.25) is 0 Å².